The second kappa shape index (κ2) is 8.18. The number of ether oxygens (including phenoxy) is 1. The van der Waals surface area contributed by atoms with Crippen molar-refractivity contribution in [2.45, 2.75) is 32.2 Å². The lowest BCUT2D eigenvalue weighted by atomic mass is 10.1. The minimum atomic E-state index is -0.00455. The Hall–Kier alpha value is -2.04. The molecule has 2 aromatic rings. The summed E-state index contributed by atoms with van der Waals surface area (Å²) in [6.45, 7) is 1.99. The Morgan fingerprint density at radius 1 is 1.17 bits per heavy atom. The third-order valence-corrected chi connectivity index (χ3v) is 4.21. The number of amides is 1. The molecule has 2 unspecified atom stereocenters. The van der Waals surface area contributed by atoms with Crippen molar-refractivity contribution in [2.24, 2.45) is 11.7 Å². The quantitative estimate of drug-likeness (QED) is 0.868. The van der Waals surface area contributed by atoms with Crippen molar-refractivity contribution in [2.75, 3.05) is 5.32 Å². The molecule has 4 nitrogen and oxygen atoms in total. The molecular formula is C19H23ClN2O2. The number of nitrogens with two attached hydrogens (primary N) is 1. The monoisotopic (exact) mass is 346 g/mol. The Labute approximate surface area is 148 Å². The van der Waals surface area contributed by atoms with Crippen molar-refractivity contribution in [3.8, 4) is 11.5 Å². The van der Waals surface area contributed by atoms with Crippen LogP contribution in [0.2, 0.25) is 0 Å². The number of hydrogen-bond acceptors (Lipinski definition) is 3. The highest BCUT2D eigenvalue weighted by molar-refractivity contribution is 5.94. The van der Waals surface area contributed by atoms with Gasteiger partial charge in [0.25, 0.3) is 0 Å². The summed E-state index contributed by atoms with van der Waals surface area (Å²) < 4.78 is 5.91. The zero-order valence-corrected chi connectivity index (χ0v) is 14.5. The van der Waals surface area contributed by atoms with E-state index in [4.69, 9.17) is 10.5 Å². The van der Waals surface area contributed by atoms with Gasteiger partial charge in [-0.05, 0) is 56.0 Å². The fraction of sp³-hybridized carbons (Fsp3) is 0.316. The van der Waals surface area contributed by atoms with Crippen molar-refractivity contribution in [1.82, 2.24) is 0 Å². The van der Waals surface area contributed by atoms with Crippen molar-refractivity contribution in [3.05, 3.63) is 54.1 Å². The summed E-state index contributed by atoms with van der Waals surface area (Å²) in [6, 6.07) is 15.5. The van der Waals surface area contributed by atoms with Crippen LogP contribution in [0.3, 0.4) is 0 Å². The fourth-order valence-corrected chi connectivity index (χ4v) is 2.94. The van der Waals surface area contributed by atoms with Crippen molar-refractivity contribution < 1.29 is 9.53 Å². The highest BCUT2D eigenvalue weighted by Crippen LogP contribution is 2.32. The van der Waals surface area contributed by atoms with Gasteiger partial charge in [0.1, 0.15) is 5.75 Å². The maximum atomic E-state index is 12.5. The largest absolute Gasteiger partial charge is 0.455 e. The second-order valence-corrected chi connectivity index (χ2v) is 6.17. The fourth-order valence-electron chi connectivity index (χ4n) is 2.94. The molecule has 1 aliphatic carbocycles. The van der Waals surface area contributed by atoms with E-state index in [1.165, 1.54) is 0 Å². The predicted molar refractivity (Wildman–Crippen MR) is 98.9 cm³/mol. The van der Waals surface area contributed by atoms with Crippen LogP contribution in [0.1, 0.15) is 24.8 Å². The van der Waals surface area contributed by atoms with Crippen molar-refractivity contribution in [1.29, 1.82) is 0 Å². The molecular weight excluding hydrogens is 324 g/mol. The van der Waals surface area contributed by atoms with Gasteiger partial charge in [0.15, 0.2) is 5.75 Å². The first-order chi connectivity index (χ1) is 11.1. The van der Waals surface area contributed by atoms with Gasteiger partial charge in [-0.1, -0.05) is 24.3 Å². The first-order valence-electron chi connectivity index (χ1n) is 8.02. The molecule has 1 aliphatic rings. The third kappa shape index (κ3) is 4.49. The van der Waals surface area contributed by atoms with E-state index in [1.807, 2.05) is 55.5 Å². The highest BCUT2D eigenvalue weighted by Gasteiger charge is 2.28. The molecule has 3 N–H and O–H groups in total. The van der Waals surface area contributed by atoms with Crippen LogP contribution in [0.25, 0.3) is 0 Å². The van der Waals surface area contributed by atoms with E-state index in [1.54, 1.807) is 0 Å². The zero-order chi connectivity index (χ0) is 16.2. The Morgan fingerprint density at radius 2 is 1.92 bits per heavy atom. The topological polar surface area (TPSA) is 64.3 Å². The van der Waals surface area contributed by atoms with E-state index in [-0.39, 0.29) is 30.3 Å². The molecule has 3 rings (SSSR count). The smallest absolute Gasteiger partial charge is 0.227 e. The van der Waals surface area contributed by atoms with E-state index in [0.717, 1.165) is 30.6 Å². The number of nitrogens with one attached hydrogen (secondary N) is 1. The Bertz CT molecular complexity index is 691. The van der Waals surface area contributed by atoms with Crippen LogP contribution in [0.4, 0.5) is 5.69 Å². The van der Waals surface area contributed by atoms with Gasteiger partial charge in [-0.15, -0.1) is 12.4 Å². The maximum absolute atomic E-state index is 12.5. The van der Waals surface area contributed by atoms with Gasteiger partial charge in [0, 0.05) is 12.0 Å². The average molecular weight is 347 g/mol. The number of hydrogen-bond donors (Lipinski definition) is 2. The van der Waals surface area contributed by atoms with Crippen LogP contribution in [0, 0.1) is 12.8 Å². The number of rotatable bonds is 4. The van der Waals surface area contributed by atoms with E-state index in [0.29, 0.717) is 11.4 Å². The SMILES string of the molecule is Cc1ccc(Oc2ccccc2)c(NC(=O)C2CCC(N)C2)c1.Cl. The van der Waals surface area contributed by atoms with Crippen LogP contribution in [0.5, 0.6) is 11.5 Å². The maximum Gasteiger partial charge on any atom is 0.227 e. The summed E-state index contributed by atoms with van der Waals surface area (Å²) in [5, 5.41) is 3.01. The van der Waals surface area contributed by atoms with Crippen molar-refractivity contribution in [3.63, 3.8) is 0 Å². The molecule has 128 valence electrons. The second-order valence-electron chi connectivity index (χ2n) is 6.17. The lowest BCUT2D eigenvalue weighted by molar-refractivity contribution is -0.119. The first kappa shape index (κ1) is 18.3. The van der Waals surface area contributed by atoms with Gasteiger partial charge >= 0.3 is 0 Å². The van der Waals surface area contributed by atoms with Crippen molar-refractivity contribution >= 4 is 24.0 Å². The molecule has 1 fully saturated rings. The molecule has 0 aromatic heterocycles. The number of carbonyl (C=O) groups excluding carboxylic acids is 1. The lowest BCUT2D eigenvalue weighted by Gasteiger charge is -2.15. The van der Waals surface area contributed by atoms with Gasteiger partial charge < -0.3 is 15.8 Å². The number of para-hydroxylation sites is 1. The van der Waals surface area contributed by atoms with E-state index >= 15 is 0 Å². The normalized spacial score (nSPS) is 19.4. The number of benzene rings is 2. The number of aryl methyl sites for hydroxylation is 1. The van der Waals surface area contributed by atoms with Crippen LogP contribution in [-0.4, -0.2) is 11.9 Å². The summed E-state index contributed by atoms with van der Waals surface area (Å²) in [6.07, 6.45) is 2.53. The van der Waals surface area contributed by atoms with Gasteiger partial charge in [0.2, 0.25) is 5.91 Å². The zero-order valence-electron chi connectivity index (χ0n) is 13.7. The highest BCUT2D eigenvalue weighted by atomic mass is 35.5. The molecule has 0 spiro atoms. The molecule has 1 saturated carbocycles. The molecule has 2 aromatic carbocycles. The van der Waals surface area contributed by atoms with Crippen LogP contribution in [-0.2, 0) is 4.79 Å². The molecule has 2 atom stereocenters. The minimum Gasteiger partial charge on any atom is -0.455 e. The lowest BCUT2D eigenvalue weighted by Crippen LogP contribution is -2.23. The van der Waals surface area contributed by atoms with Gasteiger partial charge in [-0.3, -0.25) is 4.79 Å². The van der Waals surface area contributed by atoms with Crippen LogP contribution in [0.15, 0.2) is 48.5 Å². The molecule has 0 heterocycles. The Kier molecular flexibility index (Phi) is 6.23. The summed E-state index contributed by atoms with van der Waals surface area (Å²) in [4.78, 5) is 12.5. The summed E-state index contributed by atoms with van der Waals surface area (Å²) in [7, 11) is 0. The molecule has 24 heavy (non-hydrogen) atoms. The van der Waals surface area contributed by atoms with E-state index < -0.39 is 0 Å². The van der Waals surface area contributed by atoms with Crippen LogP contribution >= 0.6 is 12.4 Å². The average Bonchev–Trinajstić information content (AvgIpc) is 2.98. The summed E-state index contributed by atoms with van der Waals surface area (Å²) >= 11 is 0. The van der Waals surface area contributed by atoms with Gasteiger partial charge in [-0.25, -0.2) is 0 Å². The van der Waals surface area contributed by atoms with E-state index in [2.05, 4.69) is 5.32 Å². The molecule has 5 heteroatoms. The number of carbonyl (C=O) groups is 1. The molecule has 0 bridgehead atoms. The molecule has 0 radical (unpaired) electrons. The third-order valence-electron chi connectivity index (χ3n) is 4.21. The Balaban J connectivity index is 0.00000208. The molecule has 0 aliphatic heterocycles. The first-order valence-corrected chi connectivity index (χ1v) is 8.02. The Morgan fingerprint density at radius 3 is 2.58 bits per heavy atom. The number of anilines is 1. The van der Waals surface area contributed by atoms with Gasteiger partial charge in [-0.2, -0.15) is 0 Å². The standard InChI is InChI=1S/C19H22N2O2.ClH/c1-13-7-10-18(23-16-5-3-2-4-6-16)17(11-13)21-19(22)14-8-9-15(20)12-14;/h2-7,10-11,14-15H,8-9,12,20H2,1H3,(H,21,22);1H. The number of halogens is 1. The predicted octanol–water partition coefficient (Wildman–Crippen LogP) is 4.28. The van der Waals surface area contributed by atoms with E-state index in [9.17, 15) is 4.79 Å². The molecule has 0 saturated heterocycles. The summed E-state index contributed by atoms with van der Waals surface area (Å²) in [5.41, 5.74) is 7.69. The summed E-state index contributed by atoms with van der Waals surface area (Å²) in [5.74, 6) is 1.42. The van der Waals surface area contributed by atoms with Crippen LogP contribution < -0.4 is 15.8 Å². The minimum absolute atomic E-state index is 0. The van der Waals surface area contributed by atoms with Gasteiger partial charge in [0.05, 0.1) is 5.69 Å². The molecule has 1 amide bonds.